The van der Waals surface area contributed by atoms with Gasteiger partial charge in [0, 0.05) is 12.0 Å². The Bertz CT molecular complexity index is 553. The van der Waals surface area contributed by atoms with E-state index in [1.165, 1.54) is 0 Å². The molecule has 2 atom stereocenters. The molecule has 0 amide bonds. The van der Waals surface area contributed by atoms with Gasteiger partial charge in [-0.2, -0.15) is 5.48 Å². The predicted octanol–water partition coefficient (Wildman–Crippen LogP) is 2.90. The maximum atomic E-state index is 12.3. The lowest BCUT2D eigenvalue weighted by Gasteiger charge is -2.07. The topological polar surface area (TPSA) is 38.3 Å². The zero-order chi connectivity index (χ0) is 13.1. The van der Waals surface area contributed by atoms with E-state index in [0.717, 1.165) is 11.1 Å². The van der Waals surface area contributed by atoms with Crippen LogP contribution in [0.2, 0.25) is 0 Å². The fourth-order valence-corrected chi connectivity index (χ4v) is 2.31. The summed E-state index contributed by atoms with van der Waals surface area (Å²) in [6, 6.07) is 19.0. The molecule has 3 heteroatoms. The molecule has 1 fully saturated rings. The number of rotatable bonds is 3. The van der Waals surface area contributed by atoms with Crippen LogP contribution in [-0.2, 0) is 4.84 Å². The van der Waals surface area contributed by atoms with E-state index in [1.54, 1.807) is 0 Å². The molecule has 0 saturated carbocycles. The first kappa shape index (κ1) is 12.1. The Kier molecular flexibility index (Phi) is 3.40. The maximum Gasteiger partial charge on any atom is 0.182 e. The average Bonchev–Trinajstić information content (AvgIpc) is 2.98. The van der Waals surface area contributed by atoms with Gasteiger partial charge in [-0.1, -0.05) is 60.7 Å². The monoisotopic (exact) mass is 253 g/mol. The number of hydrogen-bond acceptors (Lipinski definition) is 3. The fraction of sp³-hybridized carbons (Fsp3) is 0.188. The Morgan fingerprint density at radius 3 is 2.32 bits per heavy atom. The molecule has 0 bridgehead atoms. The largest absolute Gasteiger partial charge is 0.293 e. The van der Waals surface area contributed by atoms with Crippen LogP contribution in [-0.4, -0.2) is 11.8 Å². The fourth-order valence-electron chi connectivity index (χ4n) is 2.31. The average molecular weight is 253 g/mol. The summed E-state index contributed by atoms with van der Waals surface area (Å²) < 4.78 is 0. The number of carbonyl (C=O) groups excluding carboxylic acids is 1. The number of benzene rings is 2. The SMILES string of the molecule is O=C(c1ccccc1)C1CC(c2ccccc2)ON1. The number of carbonyl (C=O) groups is 1. The van der Waals surface area contributed by atoms with Gasteiger partial charge in [-0.25, -0.2) is 0 Å². The van der Waals surface area contributed by atoms with Crippen LogP contribution < -0.4 is 5.48 Å². The van der Waals surface area contributed by atoms with Gasteiger partial charge in [-0.05, 0) is 5.56 Å². The summed E-state index contributed by atoms with van der Waals surface area (Å²) in [7, 11) is 0. The quantitative estimate of drug-likeness (QED) is 0.855. The Hall–Kier alpha value is -1.97. The second-order valence-corrected chi connectivity index (χ2v) is 4.65. The minimum Gasteiger partial charge on any atom is -0.293 e. The molecule has 1 heterocycles. The van der Waals surface area contributed by atoms with E-state index in [4.69, 9.17) is 4.84 Å². The van der Waals surface area contributed by atoms with Crippen molar-refractivity contribution >= 4 is 5.78 Å². The van der Waals surface area contributed by atoms with E-state index in [1.807, 2.05) is 60.7 Å². The summed E-state index contributed by atoms with van der Waals surface area (Å²) in [4.78, 5) is 17.8. The smallest absolute Gasteiger partial charge is 0.182 e. The van der Waals surface area contributed by atoms with Crippen molar-refractivity contribution in [3.63, 3.8) is 0 Å². The molecule has 1 saturated heterocycles. The Balaban J connectivity index is 1.71. The van der Waals surface area contributed by atoms with Gasteiger partial charge in [0.15, 0.2) is 5.78 Å². The molecule has 0 radical (unpaired) electrons. The van der Waals surface area contributed by atoms with Crippen molar-refractivity contribution in [2.45, 2.75) is 18.6 Å². The lowest BCUT2D eigenvalue weighted by atomic mass is 9.98. The Morgan fingerprint density at radius 2 is 1.63 bits per heavy atom. The second-order valence-electron chi connectivity index (χ2n) is 4.65. The number of nitrogens with one attached hydrogen (secondary N) is 1. The minimum atomic E-state index is -0.271. The standard InChI is InChI=1S/C16H15NO2/c18-16(13-9-5-2-6-10-13)14-11-15(19-17-14)12-7-3-1-4-8-12/h1-10,14-15,17H,11H2. The van der Waals surface area contributed by atoms with Crippen LogP contribution in [0.4, 0.5) is 0 Å². The number of ketones is 1. The van der Waals surface area contributed by atoms with Crippen molar-refractivity contribution in [2.24, 2.45) is 0 Å². The molecule has 19 heavy (non-hydrogen) atoms. The molecule has 0 aromatic heterocycles. The molecular formula is C16H15NO2. The van der Waals surface area contributed by atoms with Gasteiger partial charge < -0.3 is 0 Å². The normalized spacial score (nSPS) is 22.3. The second kappa shape index (κ2) is 5.34. The van der Waals surface area contributed by atoms with Gasteiger partial charge in [-0.15, -0.1) is 0 Å². The molecule has 1 aliphatic heterocycles. The van der Waals surface area contributed by atoms with E-state index >= 15 is 0 Å². The Labute approximate surface area is 112 Å². The van der Waals surface area contributed by atoms with Crippen molar-refractivity contribution in [2.75, 3.05) is 0 Å². The third-order valence-electron chi connectivity index (χ3n) is 3.35. The van der Waals surface area contributed by atoms with Crippen molar-refractivity contribution in [1.29, 1.82) is 0 Å². The highest BCUT2D eigenvalue weighted by atomic mass is 16.7. The molecule has 0 spiro atoms. The summed E-state index contributed by atoms with van der Waals surface area (Å²) in [5.74, 6) is 0.0824. The van der Waals surface area contributed by atoms with E-state index in [0.29, 0.717) is 6.42 Å². The number of Topliss-reactive ketones (excluding diaryl/α,β-unsaturated/α-hetero) is 1. The van der Waals surface area contributed by atoms with Crippen LogP contribution >= 0.6 is 0 Å². The van der Waals surface area contributed by atoms with Gasteiger partial charge in [0.25, 0.3) is 0 Å². The molecule has 96 valence electrons. The molecule has 2 aromatic rings. The lowest BCUT2D eigenvalue weighted by molar-refractivity contribution is 0.0257. The maximum absolute atomic E-state index is 12.3. The van der Waals surface area contributed by atoms with E-state index in [2.05, 4.69) is 5.48 Å². The van der Waals surface area contributed by atoms with Crippen molar-refractivity contribution in [3.8, 4) is 0 Å². The van der Waals surface area contributed by atoms with Crippen molar-refractivity contribution in [3.05, 3.63) is 71.8 Å². The van der Waals surface area contributed by atoms with Gasteiger partial charge in [0.05, 0.1) is 6.04 Å². The summed E-state index contributed by atoms with van der Waals surface area (Å²) in [5.41, 5.74) is 4.67. The lowest BCUT2D eigenvalue weighted by Crippen LogP contribution is -2.29. The van der Waals surface area contributed by atoms with Gasteiger partial charge in [0.2, 0.25) is 0 Å². The van der Waals surface area contributed by atoms with Crippen molar-refractivity contribution < 1.29 is 9.63 Å². The van der Waals surface area contributed by atoms with Crippen LogP contribution in [0.5, 0.6) is 0 Å². The molecule has 1 aliphatic rings. The first-order chi connectivity index (χ1) is 9.34. The van der Waals surface area contributed by atoms with Gasteiger partial charge in [0.1, 0.15) is 6.10 Å². The number of hydroxylamine groups is 1. The zero-order valence-electron chi connectivity index (χ0n) is 10.5. The minimum absolute atomic E-state index is 0.0566. The molecule has 0 aliphatic carbocycles. The highest BCUT2D eigenvalue weighted by Gasteiger charge is 2.31. The summed E-state index contributed by atoms with van der Waals surface area (Å²) in [6.45, 7) is 0. The first-order valence-electron chi connectivity index (χ1n) is 6.40. The highest BCUT2D eigenvalue weighted by molar-refractivity contribution is 6.00. The third kappa shape index (κ3) is 2.57. The van der Waals surface area contributed by atoms with Crippen LogP contribution in [0.3, 0.4) is 0 Å². The van der Waals surface area contributed by atoms with E-state index in [9.17, 15) is 4.79 Å². The summed E-state index contributed by atoms with van der Waals surface area (Å²) in [6.07, 6.45) is 0.608. The zero-order valence-corrected chi connectivity index (χ0v) is 10.5. The Morgan fingerprint density at radius 1 is 1.00 bits per heavy atom. The molecule has 3 nitrogen and oxygen atoms in total. The van der Waals surface area contributed by atoms with Gasteiger partial charge in [-0.3, -0.25) is 9.63 Å². The van der Waals surface area contributed by atoms with Crippen LogP contribution in [0.25, 0.3) is 0 Å². The van der Waals surface area contributed by atoms with Crippen LogP contribution in [0.15, 0.2) is 60.7 Å². The van der Waals surface area contributed by atoms with Crippen LogP contribution in [0.1, 0.15) is 28.4 Å². The van der Waals surface area contributed by atoms with E-state index in [-0.39, 0.29) is 17.9 Å². The first-order valence-corrected chi connectivity index (χ1v) is 6.40. The van der Waals surface area contributed by atoms with E-state index < -0.39 is 0 Å². The molecular weight excluding hydrogens is 238 g/mol. The number of hydrogen-bond donors (Lipinski definition) is 1. The molecule has 2 aromatic carbocycles. The van der Waals surface area contributed by atoms with Crippen LogP contribution in [0, 0.1) is 0 Å². The molecule has 3 rings (SSSR count). The highest BCUT2D eigenvalue weighted by Crippen LogP contribution is 2.28. The third-order valence-corrected chi connectivity index (χ3v) is 3.35. The van der Waals surface area contributed by atoms with Crippen molar-refractivity contribution in [1.82, 2.24) is 5.48 Å². The summed E-state index contributed by atoms with van der Waals surface area (Å²) in [5, 5.41) is 0. The predicted molar refractivity (Wildman–Crippen MR) is 72.6 cm³/mol. The molecule has 2 unspecified atom stereocenters. The molecule has 1 N–H and O–H groups in total. The van der Waals surface area contributed by atoms with Gasteiger partial charge >= 0.3 is 0 Å². The summed E-state index contributed by atoms with van der Waals surface area (Å²) >= 11 is 0.